The molecule has 100 valence electrons. The van der Waals surface area contributed by atoms with Crippen LogP contribution in [-0.4, -0.2) is 21.7 Å². The average molecular weight is 257 g/mol. The van der Waals surface area contributed by atoms with Crippen molar-refractivity contribution < 1.29 is 5.11 Å². The number of rotatable bonds is 5. The molecule has 4 heteroatoms. The Morgan fingerprint density at radius 2 is 2.00 bits per heavy atom. The predicted molar refractivity (Wildman–Crippen MR) is 76.1 cm³/mol. The third kappa shape index (κ3) is 3.76. The fourth-order valence-electron chi connectivity index (χ4n) is 1.89. The highest BCUT2D eigenvalue weighted by Crippen LogP contribution is 2.11. The number of aliphatic hydroxyl groups is 1. The quantitative estimate of drug-likeness (QED) is 0.862. The van der Waals surface area contributed by atoms with Gasteiger partial charge in [0.2, 0.25) is 0 Å². The first-order valence-electron chi connectivity index (χ1n) is 6.42. The molecule has 2 N–H and O–H groups in total. The maximum absolute atomic E-state index is 8.83. The molecule has 0 aliphatic carbocycles. The summed E-state index contributed by atoms with van der Waals surface area (Å²) in [5.74, 6) is 0. The van der Waals surface area contributed by atoms with Crippen LogP contribution in [0.2, 0.25) is 0 Å². The molecule has 2 aromatic rings. The second kappa shape index (κ2) is 6.29. The summed E-state index contributed by atoms with van der Waals surface area (Å²) < 4.78 is 0. The standard InChI is InChI=1S/C15H19N3O/c1-11-3-4-13(12(2)18-11)9-16-15-6-5-14(7-8-19)17-10-15/h3-6,10,16,19H,7-9H2,1-2H3. The molecule has 19 heavy (non-hydrogen) atoms. The summed E-state index contributed by atoms with van der Waals surface area (Å²) in [6, 6.07) is 8.03. The Morgan fingerprint density at radius 3 is 2.63 bits per heavy atom. The number of hydrogen-bond acceptors (Lipinski definition) is 4. The van der Waals surface area contributed by atoms with Gasteiger partial charge in [-0.25, -0.2) is 0 Å². The van der Waals surface area contributed by atoms with E-state index in [-0.39, 0.29) is 6.61 Å². The first-order chi connectivity index (χ1) is 9.19. The Kier molecular flexibility index (Phi) is 4.47. The summed E-state index contributed by atoms with van der Waals surface area (Å²) in [7, 11) is 0. The van der Waals surface area contributed by atoms with Gasteiger partial charge in [-0.15, -0.1) is 0 Å². The molecule has 0 fully saturated rings. The van der Waals surface area contributed by atoms with Gasteiger partial charge in [0.15, 0.2) is 0 Å². The Hall–Kier alpha value is -1.94. The third-order valence-corrected chi connectivity index (χ3v) is 3.01. The molecule has 0 aliphatic heterocycles. The lowest BCUT2D eigenvalue weighted by molar-refractivity contribution is 0.298. The van der Waals surface area contributed by atoms with Gasteiger partial charge in [0.05, 0.1) is 11.9 Å². The first-order valence-corrected chi connectivity index (χ1v) is 6.42. The molecule has 2 aromatic heterocycles. The van der Waals surface area contributed by atoms with Crippen molar-refractivity contribution in [2.45, 2.75) is 26.8 Å². The van der Waals surface area contributed by atoms with E-state index < -0.39 is 0 Å². The molecule has 4 nitrogen and oxygen atoms in total. The van der Waals surface area contributed by atoms with E-state index in [1.807, 2.05) is 32.0 Å². The zero-order chi connectivity index (χ0) is 13.7. The zero-order valence-corrected chi connectivity index (χ0v) is 11.3. The number of hydrogen-bond donors (Lipinski definition) is 2. The fraction of sp³-hybridized carbons (Fsp3) is 0.333. The SMILES string of the molecule is Cc1ccc(CNc2ccc(CCO)nc2)c(C)n1. The van der Waals surface area contributed by atoms with Crippen LogP contribution in [0.15, 0.2) is 30.5 Å². The van der Waals surface area contributed by atoms with E-state index in [2.05, 4.69) is 21.4 Å². The van der Waals surface area contributed by atoms with E-state index in [1.165, 1.54) is 5.56 Å². The minimum Gasteiger partial charge on any atom is -0.396 e. The molecule has 0 unspecified atom stereocenters. The number of anilines is 1. The van der Waals surface area contributed by atoms with Gasteiger partial charge < -0.3 is 10.4 Å². The summed E-state index contributed by atoms with van der Waals surface area (Å²) in [6.45, 7) is 4.88. The van der Waals surface area contributed by atoms with Gasteiger partial charge in [0, 0.05) is 36.7 Å². The number of nitrogens with zero attached hydrogens (tertiary/aromatic N) is 2. The molecular formula is C15H19N3O. The van der Waals surface area contributed by atoms with Crippen LogP contribution >= 0.6 is 0 Å². The summed E-state index contributed by atoms with van der Waals surface area (Å²) in [6.07, 6.45) is 2.39. The van der Waals surface area contributed by atoms with Crippen LogP contribution in [0.3, 0.4) is 0 Å². The maximum atomic E-state index is 8.83. The zero-order valence-electron chi connectivity index (χ0n) is 11.3. The lowest BCUT2D eigenvalue weighted by Crippen LogP contribution is -2.04. The lowest BCUT2D eigenvalue weighted by Gasteiger charge is -2.09. The molecule has 0 bridgehead atoms. The molecule has 0 saturated heterocycles. The van der Waals surface area contributed by atoms with Crippen molar-refractivity contribution in [3.05, 3.63) is 53.1 Å². The highest BCUT2D eigenvalue weighted by molar-refractivity contribution is 5.42. The molecule has 0 aliphatic rings. The topological polar surface area (TPSA) is 58.0 Å². The van der Waals surface area contributed by atoms with Crippen LogP contribution in [0.4, 0.5) is 5.69 Å². The molecule has 0 atom stereocenters. The van der Waals surface area contributed by atoms with Gasteiger partial charge in [-0.1, -0.05) is 6.07 Å². The Bertz CT molecular complexity index is 538. The summed E-state index contributed by atoms with van der Waals surface area (Å²) >= 11 is 0. The number of nitrogens with one attached hydrogen (secondary N) is 1. The highest BCUT2D eigenvalue weighted by atomic mass is 16.3. The van der Waals surface area contributed by atoms with E-state index in [1.54, 1.807) is 6.20 Å². The molecule has 0 spiro atoms. The fourth-order valence-corrected chi connectivity index (χ4v) is 1.89. The summed E-state index contributed by atoms with van der Waals surface area (Å²) in [5, 5.41) is 12.2. The molecular weight excluding hydrogens is 238 g/mol. The highest BCUT2D eigenvalue weighted by Gasteiger charge is 2.01. The van der Waals surface area contributed by atoms with Gasteiger partial charge in [-0.05, 0) is 37.6 Å². The Labute approximate surface area is 113 Å². The minimum atomic E-state index is 0.133. The van der Waals surface area contributed by atoms with Gasteiger partial charge >= 0.3 is 0 Å². The van der Waals surface area contributed by atoms with Crippen LogP contribution in [0.1, 0.15) is 22.6 Å². The van der Waals surface area contributed by atoms with Crippen LogP contribution in [0.5, 0.6) is 0 Å². The minimum absolute atomic E-state index is 0.133. The number of aryl methyl sites for hydroxylation is 2. The van der Waals surface area contributed by atoms with Gasteiger partial charge in [-0.2, -0.15) is 0 Å². The van der Waals surface area contributed by atoms with Crippen molar-refractivity contribution in [1.82, 2.24) is 9.97 Å². The normalized spacial score (nSPS) is 10.5. The summed E-state index contributed by atoms with van der Waals surface area (Å²) in [4.78, 5) is 8.72. The Balaban J connectivity index is 1.98. The van der Waals surface area contributed by atoms with Crippen molar-refractivity contribution in [1.29, 1.82) is 0 Å². The van der Waals surface area contributed by atoms with Crippen LogP contribution in [0, 0.1) is 13.8 Å². The second-order valence-electron chi connectivity index (χ2n) is 4.56. The lowest BCUT2D eigenvalue weighted by atomic mass is 10.2. The first kappa shape index (κ1) is 13.5. The number of aliphatic hydroxyl groups excluding tert-OH is 1. The molecule has 0 radical (unpaired) electrons. The molecule has 0 amide bonds. The molecule has 2 rings (SSSR count). The largest absolute Gasteiger partial charge is 0.396 e. The van der Waals surface area contributed by atoms with Crippen LogP contribution < -0.4 is 5.32 Å². The second-order valence-corrected chi connectivity index (χ2v) is 4.56. The van der Waals surface area contributed by atoms with Gasteiger partial charge in [0.1, 0.15) is 0 Å². The third-order valence-electron chi connectivity index (χ3n) is 3.01. The number of aromatic nitrogens is 2. The van der Waals surface area contributed by atoms with E-state index in [0.29, 0.717) is 6.42 Å². The van der Waals surface area contributed by atoms with E-state index in [0.717, 1.165) is 29.3 Å². The van der Waals surface area contributed by atoms with E-state index in [9.17, 15) is 0 Å². The number of pyridine rings is 2. The monoisotopic (exact) mass is 257 g/mol. The van der Waals surface area contributed by atoms with Crippen molar-refractivity contribution in [3.63, 3.8) is 0 Å². The van der Waals surface area contributed by atoms with Gasteiger partial charge in [0.25, 0.3) is 0 Å². The van der Waals surface area contributed by atoms with Crippen molar-refractivity contribution >= 4 is 5.69 Å². The molecule has 0 aromatic carbocycles. The van der Waals surface area contributed by atoms with Crippen LogP contribution in [0.25, 0.3) is 0 Å². The molecule has 0 saturated carbocycles. The average Bonchev–Trinajstić information content (AvgIpc) is 2.40. The van der Waals surface area contributed by atoms with E-state index >= 15 is 0 Å². The van der Waals surface area contributed by atoms with Gasteiger partial charge in [-0.3, -0.25) is 9.97 Å². The summed E-state index contributed by atoms with van der Waals surface area (Å²) in [5.41, 5.74) is 5.15. The van der Waals surface area contributed by atoms with Crippen LogP contribution in [-0.2, 0) is 13.0 Å². The maximum Gasteiger partial charge on any atom is 0.0529 e. The predicted octanol–water partition coefficient (Wildman–Crippen LogP) is 2.24. The van der Waals surface area contributed by atoms with Crippen molar-refractivity contribution in [3.8, 4) is 0 Å². The molecule has 2 heterocycles. The smallest absolute Gasteiger partial charge is 0.0529 e. The van der Waals surface area contributed by atoms with E-state index in [4.69, 9.17) is 5.11 Å². The Morgan fingerprint density at radius 1 is 1.16 bits per heavy atom. The van der Waals surface area contributed by atoms with Crippen molar-refractivity contribution in [2.24, 2.45) is 0 Å². The van der Waals surface area contributed by atoms with Crippen molar-refractivity contribution in [2.75, 3.05) is 11.9 Å².